The maximum atomic E-state index is 9.72. The molecule has 4 heteroatoms. The molecule has 0 saturated carbocycles. The average Bonchev–Trinajstić information content (AvgIpc) is 3.19. The van der Waals surface area contributed by atoms with Crippen LogP contribution in [0.4, 0.5) is 0 Å². The van der Waals surface area contributed by atoms with Crippen molar-refractivity contribution in [3.05, 3.63) is 87.6 Å². The van der Waals surface area contributed by atoms with Gasteiger partial charge in [-0.15, -0.1) is 0 Å². The summed E-state index contributed by atoms with van der Waals surface area (Å²) >= 11 is 1.63. The SMILES string of the molecule is N#Cc1ccc(OCc2ccsc2)cc1/C=C(/CO)c1ccccc1. The first-order chi connectivity index (χ1) is 12.3. The van der Waals surface area contributed by atoms with Gasteiger partial charge in [0.15, 0.2) is 0 Å². The van der Waals surface area contributed by atoms with Gasteiger partial charge in [-0.2, -0.15) is 16.6 Å². The molecule has 1 heterocycles. The third-order valence-corrected chi connectivity index (χ3v) is 4.51. The lowest BCUT2D eigenvalue weighted by Gasteiger charge is -2.09. The van der Waals surface area contributed by atoms with E-state index < -0.39 is 0 Å². The van der Waals surface area contributed by atoms with Crippen molar-refractivity contribution in [1.29, 1.82) is 5.26 Å². The first kappa shape index (κ1) is 17.0. The van der Waals surface area contributed by atoms with E-state index in [0.717, 1.165) is 22.3 Å². The molecule has 0 aliphatic heterocycles. The molecule has 124 valence electrons. The topological polar surface area (TPSA) is 53.2 Å². The first-order valence-corrected chi connectivity index (χ1v) is 8.79. The Balaban J connectivity index is 1.89. The molecule has 0 atom stereocenters. The number of ether oxygens (including phenoxy) is 1. The van der Waals surface area contributed by atoms with Gasteiger partial charge in [-0.3, -0.25) is 0 Å². The number of rotatable bonds is 6. The minimum Gasteiger partial charge on any atom is -0.489 e. The Morgan fingerprint density at radius 2 is 2.00 bits per heavy atom. The molecule has 2 aromatic carbocycles. The van der Waals surface area contributed by atoms with E-state index in [1.54, 1.807) is 23.5 Å². The van der Waals surface area contributed by atoms with Crippen LogP contribution in [0.3, 0.4) is 0 Å². The predicted octanol–water partition coefficient (Wildman–Crippen LogP) is 4.73. The molecule has 1 aromatic heterocycles. The van der Waals surface area contributed by atoms with Gasteiger partial charge in [0.2, 0.25) is 0 Å². The largest absolute Gasteiger partial charge is 0.489 e. The second-order valence-corrected chi connectivity index (χ2v) is 6.25. The lowest BCUT2D eigenvalue weighted by atomic mass is 10.0. The van der Waals surface area contributed by atoms with Crippen molar-refractivity contribution in [2.24, 2.45) is 0 Å². The Bertz CT molecular complexity index is 893. The van der Waals surface area contributed by atoms with Crippen LogP contribution in [-0.2, 0) is 6.61 Å². The number of hydrogen-bond donors (Lipinski definition) is 1. The van der Waals surface area contributed by atoms with E-state index >= 15 is 0 Å². The summed E-state index contributed by atoms with van der Waals surface area (Å²) in [5.41, 5.74) is 4.08. The third kappa shape index (κ3) is 4.36. The zero-order valence-corrected chi connectivity index (χ0v) is 14.4. The summed E-state index contributed by atoms with van der Waals surface area (Å²) < 4.78 is 5.82. The second-order valence-electron chi connectivity index (χ2n) is 5.47. The van der Waals surface area contributed by atoms with E-state index in [-0.39, 0.29) is 6.61 Å². The molecule has 0 saturated heterocycles. The maximum absolute atomic E-state index is 9.72. The zero-order chi connectivity index (χ0) is 17.5. The Morgan fingerprint density at radius 3 is 2.68 bits per heavy atom. The molecule has 0 radical (unpaired) electrons. The quantitative estimate of drug-likeness (QED) is 0.656. The molecule has 0 unspecified atom stereocenters. The normalized spacial score (nSPS) is 11.1. The molecular formula is C21H17NO2S. The summed E-state index contributed by atoms with van der Waals surface area (Å²) in [5, 5.41) is 23.1. The fourth-order valence-electron chi connectivity index (χ4n) is 2.45. The molecule has 1 N–H and O–H groups in total. The lowest BCUT2D eigenvalue weighted by Crippen LogP contribution is -1.96. The van der Waals surface area contributed by atoms with Gasteiger partial charge in [0.25, 0.3) is 0 Å². The number of thiophene rings is 1. The maximum Gasteiger partial charge on any atom is 0.120 e. The van der Waals surface area contributed by atoms with Crippen LogP contribution < -0.4 is 4.74 Å². The van der Waals surface area contributed by atoms with Crippen LogP contribution >= 0.6 is 11.3 Å². The van der Waals surface area contributed by atoms with Gasteiger partial charge in [0, 0.05) is 0 Å². The van der Waals surface area contributed by atoms with Crippen molar-refractivity contribution >= 4 is 23.0 Å². The zero-order valence-electron chi connectivity index (χ0n) is 13.6. The van der Waals surface area contributed by atoms with Crippen molar-refractivity contribution < 1.29 is 9.84 Å². The molecule has 3 aromatic rings. The molecule has 0 aliphatic rings. The van der Waals surface area contributed by atoms with Crippen molar-refractivity contribution in [2.45, 2.75) is 6.61 Å². The summed E-state index contributed by atoms with van der Waals surface area (Å²) in [7, 11) is 0. The summed E-state index contributed by atoms with van der Waals surface area (Å²) in [5.74, 6) is 0.696. The fraction of sp³-hybridized carbons (Fsp3) is 0.0952. The molecular weight excluding hydrogens is 330 g/mol. The molecule has 3 nitrogen and oxygen atoms in total. The number of nitrogens with zero attached hydrogens (tertiary/aromatic N) is 1. The second kappa shape index (κ2) is 8.29. The van der Waals surface area contributed by atoms with Crippen LogP contribution in [0.2, 0.25) is 0 Å². The lowest BCUT2D eigenvalue weighted by molar-refractivity contribution is 0.306. The average molecular weight is 347 g/mol. The van der Waals surface area contributed by atoms with Gasteiger partial charge in [-0.25, -0.2) is 0 Å². The van der Waals surface area contributed by atoms with E-state index in [4.69, 9.17) is 4.74 Å². The fourth-order valence-corrected chi connectivity index (χ4v) is 3.11. The summed E-state index contributed by atoms with van der Waals surface area (Å²) in [6.07, 6.45) is 1.84. The van der Waals surface area contributed by atoms with Crippen LogP contribution in [-0.4, -0.2) is 11.7 Å². The molecule has 0 bridgehead atoms. The van der Waals surface area contributed by atoms with Gasteiger partial charge in [-0.05, 0) is 63.4 Å². The van der Waals surface area contributed by atoms with Crippen molar-refractivity contribution in [3.63, 3.8) is 0 Å². The van der Waals surface area contributed by atoms with Crippen molar-refractivity contribution in [2.75, 3.05) is 6.61 Å². The molecule has 0 fully saturated rings. The van der Waals surface area contributed by atoms with E-state index in [2.05, 4.69) is 6.07 Å². The minimum absolute atomic E-state index is 0.102. The van der Waals surface area contributed by atoms with Crippen LogP contribution in [0.5, 0.6) is 5.75 Å². The van der Waals surface area contributed by atoms with Gasteiger partial charge in [-0.1, -0.05) is 30.3 Å². The highest BCUT2D eigenvalue weighted by atomic mass is 32.1. The summed E-state index contributed by atoms with van der Waals surface area (Å²) in [4.78, 5) is 0. The van der Waals surface area contributed by atoms with Gasteiger partial charge in [0.1, 0.15) is 12.4 Å². The van der Waals surface area contributed by atoms with E-state index in [9.17, 15) is 10.4 Å². The van der Waals surface area contributed by atoms with E-state index in [1.165, 1.54) is 0 Å². The number of aliphatic hydroxyl groups excluding tert-OH is 1. The molecule has 0 amide bonds. The third-order valence-electron chi connectivity index (χ3n) is 3.77. The van der Waals surface area contributed by atoms with E-state index in [0.29, 0.717) is 17.9 Å². The van der Waals surface area contributed by atoms with E-state index in [1.807, 2.05) is 59.3 Å². The highest BCUT2D eigenvalue weighted by Crippen LogP contribution is 2.24. The van der Waals surface area contributed by atoms with Gasteiger partial charge >= 0.3 is 0 Å². The van der Waals surface area contributed by atoms with Crippen molar-refractivity contribution in [3.8, 4) is 11.8 Å². The van der Waals surface area contributed by atoms with Gasteiger partial charge < -0.3 is 9.84 Å². The molecule has 3 rings (SSSR count). The minimum atomic E-state index is -0.102. The smallest absolute Gasteiger partial charge is 0.120 e. The Morgan fingerprint density at radius 1 is 1.16 bits per heavy atom. The standard InChI is InChI=1S/C21H17NO2S/c22-12-18-6-7-21(24-14-16-8-9-25-15-16)11-19(18)10-20(13-23)17-4-2-1-3-5-17/h1-11,15,23H,13-14H2/b20-10-. The van der Waals surface area contributed by atoms with Crippen molar-refractivity contribution in [1.82, 2.24) is 0 Å². The summed E-state index contributed by atoms with van der Waals surface area (Å²) in [6, 6.07) is 19.2. The van der Waals surface area contributed by atoms with Crippen LogP contribution in [0, 0.1) is 11.3 Å². The number of aliphatic hydroxyl groups is 1. The number of benzene rings is 2. The Labute approximate surface area is 151 Å². The van der Waals surface area contributed by atoms with Crippen LogP contribution in [0.1, 0.15) is 22.3 Å². The molecule has 25 heavy (non-hydrogen) atoms. The molecule has 0 spiro atoms. The molecule has 0 aliphatic carbocycles. The van der Waals surface area contributed by atoms with Crippen LogP contribution in [0.25, 0.3) is 11.6 Å². The predicted molar refractivity (Wildman–Crippen MR) is 101 cm³/mol. The highest BCUT2D eigenvalue weighted by molar-refractivity contribution is 7.07. The number of nitriles is 1. The number of hydrogen-bond acceptors (Lipinski definition) is 4. The summed E-state index contributed by atoms with van der Waals surface area (Å²) in [6.45, 7) is 0.388. The Kier molecular flexibility index (Phi) is 5.63. The first-order valence-electron chi connectivity index (χ1n) is 7.85. The van der Waals surface area contributed by atoms with Crippen LogP contribution in [0.15, 0.2) is 65.4 Å². The monoisotopic (exact) mass is 347 g/mol. The Hall–Kier alpha value is -2.87. The van der Waals surface area contributed by atoms with Gasteiger partial charge in [0.05, 0.1) is 18.2 Å². The highest BCUT2D eigenvalue weighted by Gasteiger charge is 2.06.